The van der Waals surface area contributed by atoms with E-state index in [-0.39, 0.29) is 5.82 Å². The summed E-state index contributed by atoms with van der Waals surface area (Å²) in [5.41, 5.74) is 2.03. The summed E-state index contributed by atoms with van der Waals surface area (Å²) < 4.78 is 14.1. The quantitative estimate of drug-likeness (QED) is 0.766. The lowest BCUT2D eigenvalue weighted by atomic mass is 10.0. The van der Waals surface area contributed by atoms with Crippen molar-refractivity contribution in [2.75, 3.05) is 13.1 Å². The highest BCUT2D eigenvalue weighted by Crippen LogP contribution is 2.26. The van der Waals surface area contributed by atoms with Gasteiger partial charge in [-0.05, 0) is 49.9 Å². The molecule has 1 saturated heterocycles. The smallest absolute Gasteiger partial charge is 0.127 e. The van der Waals surface area contributed by atoms with Crippen LogP contribution < -0.4 is 5.32 Å². The van der Waals surface area contributed by atoms with Gasteiger partial charge in [0.1, 0.15) is 5.82 Å². The van der Waals surface area contributed by atoms with E-state index in [2.05, 4.69) is 31.0 Å². The van der Waals surface area contributed by atoms with E-state index in [0.29, 0.717) is 12.0 Å². The van der Waals surface area contributed by atoms with Crippen molar-refractivity contribution in [1.82, 2.24) is 10.2 Å². The SMILES string of the molecule is CCCNCc1ccc(F)c(CN2CCCC2C(C)C)c1. The highest BCUT2D eigenvalue weighted by molar-refractivity contribution is 5.25. The Balaban J connectivity index is 2.03. The Bertz CT molecular complexity index is 445. The van der Waals surface area contributed by atoms with Crippen molar-refractivity contribution in [3.05, 3.63) is 35.1 Å². The Kier molecular flexibility index (Phi) is 6.19. The lowest BCUT2D eigenvalue weighted by Crippen LogP contribution is -2.33. The second-order valence-electron chi connectivity index (χ2n) is 6.53. The summed E-state index contributed by atoms with van der Waals surface area (Å²) in [5, 5.41) is 3.38. The van der Waals surface area contributed by atoms with Gasteiger partial charge in [0.15, 0.2) is 0 Å². The fourth-order valence-corrected chi connectivity index (χ4v) is 3.29. The minimum atomic E-state index is -0.0661. The Morgan fingerprint density at radius 3 is 2.90 bits per heavy atom. The number of halogens is 1. The molecule has 0 radical (unpaired) electrons. The van der Waals surface area contributed by atoms with Gasteiger partial charge in [0.2, 0.25) is 0 Å². The standard InChI is InChI=1S/C18H29FN2/c1-4-9-20-12-15-7-8-17(19)16(11-15)13-21-10-5-6-18(21)14(2)3/h7-8,11,14,18,20H,4-6,9-10,12-13H2,1-3H3. The minimum Gasteiger partial charge on any atom is -0.313 e. The van der Waals surface area contributed by atoms with Gasteiger partial charge in [-0.15, -0.1) is 0 Å². The first kappa shape index (κ1) is 16.4. The van der Waals surface area contributed by atoms with Crippen LogP contribution in [0, 0.1) is 11.7 Å². The molecule has 0 bridgehead atoms. The summed E-state index contributed by atoms with van der Waals surface area (Å²) >= 11 is 0. The number of likely N-dealkylation sites (tertiary alicyclic amines) is 1. The maximum absolute atomic E-state index is 14.1. The molecule has 1 aliphatic rings. The molecule has 1 fully saturated rings. The first-order chi connectivity index (χ1) is 10.1. The molecule has 0 amide bonds. The van der Waals surface area contributed by atoms with E-state index >= 15 is 0 Å². The zero-order chi connectivity index (χ0) is 15.2. The van der Waals surface area contributed by atoms with Crippen molar-refractivity contribution >= 4 is 0 Å². The van der Waals surface area contributed by atoms with Gasteiger partial charge >= 0.3 is 0 Å². The summed E-state index contributed by atoms with van der Waals surface area (Å²) in [6.45, 7) is 10.4. The number of nitrogens with one attached hydrogen (secondary N) is 1. The van der Waals surface area contributed by atoms with Crippen molar-refractivity contribution in [2.45, 2.75) is 59.2 Å². The number of hydrogen-bond acceptors (Lipinski definition) is 2. The molecule has 1 atom stereocenters. The van der Waals surface area contributed by atoms with Crippen LogP contribution in [0.15, 0.2) is 18.2 Å². The predicted molar refractivity (Wildman–Crippen MR) is 86.7 cm³/mol. The highest BCUT2D eigenvalue weighted by Gasteiger charge is 2.27. The fourth-order valence-electron chi connectivity index (χ4n) is 3.29. The number of hydrogen-bond donors (Lipinski definition) is 1. The second kappa shape index (κ2) is 7.90. The zero-order valence-corrected chi connectivity index (χ0v) is 13.7. The van der Waals surface area contributed by atoms with Gasteiger partial charge in [-0.2, -0.15) is 0 Å². The third kappa shape index (κ3) is 4.52. The van der Waals surface area contributed by atoms with E-state index in [1.807, 2.05) is 12.1 Å². The molecule has 118 valence electrons. The van der Waals surface area contributed by atoms with Crippen LogP contribution in [0.3, 0.4) is 0 Å². The Morgan fingerprint density at radius 1 is 1.38 bits per heavy atom. The van der Waals surface area contributed by atoms with Crippen molar-refractivity contribution in [2.24, 2.45) is 5.92 Å². The van der Waals surface area contributed by atoms with Crippen LogP contribution in [-0.4, -0.2) is 24.0 Å². The predicted octanol–water partition coefficient (Wildman–Crippen LogP) is 3.95. The van der Waals surface area contributed by atoms with Crippen LogP contribution >= 0.6 is 0 Å². The van der Waals surface area contributed by atoms with Gasteiger partial charge in [0.25, 0.3) is 0 Å². The summed E-state index contributed by atoms with van der Waals surface area (Å²) in [7, 11) is 0. The number of rotatable bonds is 7. The van der Waals surface area contributed by atoms with Crippen molar-refractivity contribution < 1.29 is 4.39 Å². The average molecular weight is 292 g/mol. The molecule has 0 spiro atoms. The molecule has 1 heterocycles. The monoisotopic (exact) mass is 292 g/mol. The molecule has 21 heavy (non-hydrogen) atoms. The Morgan fingerprint density at radius 2 is 2.19 bits per heavy atom. The molecule has 1 N–H and O–H groups in total. The van der Waals surface area contributed by atoms with E-state index in [1.54, 1.807) is 6.07 Å². The van der Waals surface area contributed by atoms with Crippen LogP contribution in [0.25, 0.3) is 0 Å². The first-order valence-electron chi connectivity index (χ1n) is 8.34. The normalized spacial score (nSPS) is 19.6. The third-order valence-electron chi connectivity index (χ3n) is 4.42. The summed E-state index contributed by atoms with van der Waals surface area (Å²) in [5.74, 6) is 0.577. The topological polar surface area (TPSA) is 15.3 Å². The van der Waals surface area contributed by atoms with Crippen LogP contribution in [0.2, 0.25) is 0 Å². The first-order valence-corrected chi connectivity index (χ1v) is 8.34. The molecule has 1 aromatic rings. The molecule has 0 saturated carbocycles. The number of benzene rings is 1. The van der Waals surface area contributed by atoms with Crippen LogP contribution in [0.1, 0.15) is 51.2 Å². The molecule has 1 aromatic carbocycles. The third-order valence-corrected chi connectivity index (χ3v) is 4.42. The molecule has 1 unspecified atom stereocenters. The molecule has 3 heteroatoms. The molecular formula is C18H29FN2. The fraction of sp³-hybridized carbons (Fsp3) is 0.667. The van der Waals surface area contributed by atoms with Gasteiger partial charge in [-0.25, -0.2) is 4.39 Å². The molecule has 2 nitrogen and oxygen atoms in total. The Labute approximate surface area is 128 Å². The van der Waals surface area contributed by atoms with E-state index < -0.39 is 0 Å². The van der Waals surface area contributed by atoms with Crippen LogP contribution in [-0.2, 0) is 13.1 Å². The number of nitrogens with zero attached hydrogens (tertiary/aromatic N) is 1. The minimum absolute atomic E-state index is 0.0661. The second-order valence-corrected chi connectivity index (χ2v) is 6.53. The molecule has 0 aromatic heterocycles. The lowest BCUT2D eigenvalue weighted by Gasteiger charge is -2.27. The molecule has 0 aliphatic carbocycles. The van der Waals surface area contributed by atoms with E-state index in [0.717, 1.165) is 38.2 Å². The molecular weight excluding hydrogens is 263 g/mol. The highest BCUT2D eigenvalue weighted by atomic mass is 19.1. The van der Waals surface area contributed by atoms with Crippen molar-refractivity contribution in [3.8, 4) is 0 Å². The van der Waals surface area contributed by atoms with Crippen LogP contribution in [0.4, 0.5) is 4.39 Å². The summed E-state index contributed by atoms with van der Waals surface area (Å²) in [6, 6.07) is 6.16. The van der Waals surface area contributed by atoms with Gasteiger partial charge in [-0.3, -0.25) is 4.90 Å². The van der Waals surface area contributed by atoms with E-state index in [1.165, 1.54) is 18.4 Å². The van der Waals surface area contributed by atoms with Crippen molar-refractivity contribution in [1.29, 1.82) is 0 Å². The van der Waals surface area contributed by atoms with Gasteiger partial charge in [0.05, 0.1) is 0 Å². The van der Waals surface area contributed by atoms with Gasteiger partial charge in [0, 0.05) is 24.7 Å². The van der Waals surface area contributed by atoms with Crippen LogP contribution in [0.5, 0.6) is 0 Å². The largest absolute Gasteiger partial charge is 0.313 e. The van der Waals surface area contributed by atoms with E-state index in [9.17, 15) is 4.39 Å². The van der Waals surface area contributed by atoms with Gasteiger partial charge < -0.3 is 5.32 Å². The lowest BCUT2D eigenvalue weighted by molar-refractivity contribution is 0.196. The molecule has 1 aliphatic heterocycles. The zero-order valence-electron chi connectivity index (χ0n) is 13.7. The van der Waals surface area contributed by atoms with E-state index in [4.69, 9.17) is 0 Å². The molecule has 2 rings (SSSR count). The summed E-state index contributed by atoms with van der Waals surface area (Å²) in [4.78, 5) is 2.45. The van der Waals surface area contributed by atoms with Crippen molar-refractivity contribution in [3.63, 3.8) is 0 Å². The Hall–Kier alpha value is -0.930. The summed E-state index contributed by atoms with van der Waals surface area (Å²) in [6.07, 6.45) is 3.61. The average Bonchev–Trinajstić information content (AvgIpc) is 2.91. The van der Waals surface area contributed by atoms with Gasteiger partial charge in [-0.1, -0.05) is 32.9 Å². The maximum atomic E-state index is 14.1. The maximum Gasteiger partial charge on any atom is 0.127 e.